The van der Waals surface area contributed by atoms with E-state index in [1.807, 2.05) is 20.8 Å². The molecular weight excluding hydrogens is 168 g/mol. The van der Waals surface area contributed by atoms with Crippen LogP contribution in [0.25, 0.3) is 0 Å². The molecular formula is C10H20O3. The molecule has 3 nitrogen and oxygen atoms in total. The fraction of sp³-hybridized carbons (Fsp3) is 0.900. The largest absolute Gasteiger partial charge is 0.351 e. The summed E-state index contributed by atoms with van der Waals surface area (Å²) in [5.74, 6) is -0.416. The SMILES string of the molecule is CCOC(C)(CCC(C)=O)OCC. The first kappa shape index (κ1) is 12.6. The molecule has 0 bridgehead atoms. The molecule has 0 unspecified atom stereocenters. The molecule has 0 amide bonds. The van der Waals surface area contributed by atoms with Crippen LogP contribution in [0.3, 0.4) is 0 Å². The zero-order valence-electron chi connectivity index (χ0n) is 9.05. The van der Waals surface area contributed by atoms with Crippen LogP contribution in [0.5, 0.6) is 0 Å². The predicted octanol–water partition coefficient (Wildman–Crippen LogP) is 2.14. The molecule has 78 valence electrons. The van der Waals surface area contributed by atoms with Crippen LogP contribution in [0.1, 0.15) is 40.5 Å². The van der Waals surface area contributed by atoms with Gasteiger partial charge in [0, 0.05) is 26.1 Å². The first-order chi connectivity index (χ1) is 6.04. The number of carbonyl (C=O) groups excluding carboxylic acids is 1. The molecule has 13 heavy (non-hydrogen) atoms. The van der Waals surface area contributed by atoms with Crippen molar-refractivity contribution in [2.24, 2.45) is 0 Å². The van der Waals surface area contributed by atoms with Crippen LogP contribution in [0, 0.1) is 0 Å². The van der Waals surface area contributed by atoms with Gasteiger partial charge >= 0.3 is 0 Å². The van der Waals surface area contributed by atoms with Crippen LogP contribution in [0.15, 0.2) is 0 Å². The molecule has 0 N–H and O–H groups in total. The van der Waals surface area contributed by atoms with Gasteiger partial charge in [-0.05, 0) is 27.7 Å². The average molecular weight is 188 g/mol. The molecule has 0 saturated heterocycles. The number of ketones is 1. The van der Waals surface area contributed by atoms with Crippen molar-refractivity contribution < 1.29 is 14.3 Å². The highest BCUT2D eigenvalue weighted by Crippen LogP contribution is 2.19. The minimum Gasteiger partial charge on any atom is -0.351 e. The van der Waals surface area contributed by atoms with E-state index in [-0.39, 0.29) is 5.78 Å². The van der Waals surface area contributed by atoms with Crippen molar-refractivity contribution in [2.45, 2.75) is 46.3 Å². The van der Waals surface area contributed by atoms with Crippen molar-refractivity contribution >= 4 is 5.78 Å². The fourth-order valence-electron chi connectivity index (χ4n) is 1.20. The third-order valence-electron chi connectivity index (χ3n) is 1.83. The van der Waals surface area contributed by atoms with Gasteiger partial charge in [-0.2, -0.15) is 0 Å². The molecule has 0 aromatic heterocycles. The van der Waals surface area contributed by atoms with Crippen LogP contribution in [-0.2, 0) is 14.3 Å². The van der Waals surface area contributed by atoms with E-state index >= 15 is 0 Å². The normalized spacial score (nSPS) is 11.7. The second-order valence-corrected chi connectivity index (χ2v) is 3.20. The van der Waals surface area contributed by atoms with E-state index in [1.165, 1.54) is 0 Å². The standard InChI is InChI=1S/C10H20O3/c1-5-12-10(4,13-6-2)8-7-9(3)11/h5-8H2,1-4H3. The van der Waals surface area contributed by atoms with Crippen LogP contribution >= 0.6 is 0 Å². The van der Waals surface area contributed by atoms with Gasteiger partial charge < -0.3 is 14.3 Å². The Hall–Kier alpha value is -0.410. The first-order valence-electron chi connectivity index (χ1n) is 4.81. The summed E-state index contributed by atoms with van der Waals surface area (Å²) in [6.45, 7) is 8.51. The van der Waals surface area contributed by atoms with Crippen molar-refractivity contribution in [2.75, 3.05) is 13.2 Å². The molecule has 0 aliphatic rings. The van der Waals surface area contributed by atoms with Gasteiger partial charge in [0.15, 0.2) is 5.79 Å². The summed E-state index contributed by atoms with van der Waals surface area (Å²) in [5.41, 5.74) is 0. The Balaban J connectivity index is 3.98. The number of rotatable bonds is 7. The van der Waals surface area contributed by atoms with E-state index in [0.29, 0.717) is 26.1 Å². The summed E-state index contributed by atoms with van der Waals surface area (Å²) in [5, 5.41) is 0. The highest BCUT2D eigenvalue weighted by Gasteiger charge is 2.24. The smallest absolute Gasteiger partial charge is 0.165 e. The van der Waals surface area contributed by atoms with Crippen molar-refractivity contribution in [3.8, 4) is 0 Å². The molecule has 0 rings (SSSR count). The minimum atomic E-state index is -0.588. The molecule has 0 atom stereocenters. The third kappa shape index (κ3) is 5.77. The molecule has 3 heteroatoms. The van der Waals surface area contributed by atoms with E-state index < -0.39 is 5.79 Å². The van der Waals surface area contributed by atoms with Crippen molar-refractivity contribution in [1.82, 2.24) is 0 Å². The lowest BCUT2D eigenvalue weighted by Crippen LogP contribution is -2.33. The van der Waals surface area contributed by atoms with Crippen molar-refractivity contribution in [3.63, 3.8) is 0 Å². The fourth-order valence-corrected chi connectivity index (χ4v) is 1.20. The van der Waals surface area contributed by atoms with Gasteiger partial charge in [-0.3, -0.25) is 0 Å². The number of carbonyl (C=O) groups is 1. The summed E-state index contributed by atoms with van der Waals surface area (Å²) in [6.07, 6.45) is 1.14. The van der Waals surface area contributed by atoms with Crippen LogP contribution < -0.4 is 0 Å². The van der Waals surface area contributed by atoms with E-state index in [1.54, 1.807) is 6.92 Å². The van der Waals surface area contributed by atoms with Gasteiger partial charge in [-0.1, -0.05) is 0 Å². The van der Waals surface area contributed by atoms with Crippen molar-refractivity contribution in [1.29, 1.82) is 0 Å². The van der Waals surface area contributed by atoms with E-state index in [2.05, 4.69) is 0 Å². The second-order valence-electron chi connectivity index (χ2n) is 3.20. The van der Waals surface area contributed by atoms with Crippen molar-refractivity contribution in [3.05, 3.63) is 0 Å². The molecule has 0 radical (unpaired) electrons. The number of Topliss-reactive ketones (excluding diaryl/α,β-unsaturated/α-hetero) is 1. The number of hydrogen-bond donors (Lipinski definition) is 0. The maximum absolute atomic E-state index is 10.8. The predicted molar refractivity (Wildman–Crippen MR) is 51.6 cm³/mol. The molecule has 0 aromatic carbocycles. The second kappa shape index (κ2) is 6.11. The molecule has 0 aliphatic heterocycles. The Morgan fingerprint density at radius 3 is 2.00 bits per heavy atom. The highest BCUT2D eigenvalue weighted by atomic mass is 16.7. The van der Waals surface area contributed by atoms with Crippen LogP contribution in [-0.4, -0.2) is 24.8 Å². The summed E-state index contributed by atoms with van der Waals surface area (Å²) in [6, 6.07) is 0. The third-order valence-corrected chi connectivity index (χ3v) is 1.83. The Morgan fingerprint density at radius 1 is 1.23 bits per heavy atom. The highest BCUT2D eigenvalue weighted by molar-refractivity contribution is 5.75. The Bertz CT molecular complexity index is 148. The maximum Gasteiger partial charge on any atom is 0.165 e. The van der Waals surface area contributed by atoms with Gasteiger partial charge in [0.1, 0.15) is 5.78 Å². The topological polar surface area (TPSA) is 35.5 Å². The van der Waals surface area contributed by atoms with Gasteiger partial charge in [0.2, 0.25) is 0 Å². The number of ether oxygens (including phenoxy) is 2. The van der Waals surface area contributed by atoms with Crippen LogP contribution in [0.2, 0.25) is 0 Å². The maximum atomic E-state index is 10.8. The van der Waals surface area contributed by atoms with Gasteiger partial charge in [-0.15, -0.1) is 0 Å². The molecule has 0 spiro atoms. The zero-order chi connectivity index (χ0) is 10.3. The summed E-state index contributed by atoms with van der Waals surface area (Å²) < 4.78 is 10.9. The van der Waals surface area contributed by atoms with Crippen LogP contribution in [0.4, 0.5) is 0 Å². The molecule has 0 heterocycles. The van der Waals surface area contributed by atoms with Gasteiger partial charge in [-0.25, -0.2) is 0 Å². The molecule has 0 saturated carbocycles. The summed E-state index contributed by atoms with van der Waals surface area (Å²) in [4.78, 5) is 10.8. The minimum absolute atomic E-state index is 0.172. The first-order valence-corrected chi connectivity index (χ1v) is 4.81. The summed E-state index contributed by atoms with van der Waals surface area (Å²) >= 11 is 0. The average Bonchev–Trinajstić information content (AvgIpc) is 2.02. The van der Waals surface area contributed by atoms with E-state index in [4.69, 9.17) is 9.47 Å². The lowest BCUT2D eigenvalue weighted by Gasteiger charge is -2.28. The lowest BCUT2D eigenvalue weighted by atomic mass is 10.1. The summed E-state index contributed by atoms with van der Waals surface area (Å²) in [7, 11) is 0. The van der Waals surface area contributed by atoms with Gasteiger partial charge in [0.05, 0.1) is 0 Å². The number of hydrogen-bond acceptors (Lipinski definition) is 3. The van der Waals surface area contributed by atoms with E-state index in [0.717, 1.165) is 0 Å². The Kier molecular flexibility index (Phi) is 5.91. The quantitative estimate of drug-likeness (QED) is 0.574. The zero-order valence-corrected chi connectivity index (χ0v) is 9.05. The Morgan fingerprint density at radius 2 is 1.69 bits per heavy atom. The van der Waals surface area contributed by atoms with E-state index in [9.17, 15) is 4.79 Å². The molecule has 0 aliphatic carbocycles. The molecule has 0 aromatic rings. The Labute approximate surface area is 80.4 Å². The lowest BCUT2D eigenvalue weighted by molar-refractivity contribution is -0.224. The van der Waals surface area contributed by atoms with Gasteiger partial charge in [0.25, 0.3) is 0 Å². The molecule has 0 fully saturated rings. The monoisotopic (exact) mass is 188 g/mol.